The van der Waals surface area contributed by atoms with Crippen LogP contribution in [0.5, 0.6) is 0 Å². The largest absolute Gasteiger partial charge is 0.362 e. The van der Waals surface area contributed by atoms with Gasteiger partial charge in [-0.1, -0.05) is 13.8 Å². The van der Waals surface area contributed by atoms with Gasteiger partial charge in [0.25, 0.3) is 5.92 Å². The molecule has 3 N–H and O–H groups in total. The topological polar surface area (TPSA) is 68.2 Å². The Kier molecular flexibility index (Phi) is 3.66. The number of aromatic nitrogens is 3. The molecule has 0 saturated heterocycles. The van der Waals surface area contributed by atoms with E-state index in [9.17, 15) is 8.78 Å². The van der Waals surface area contributed by atoms with Crippen molar-refractivity contribution in [3.63, 3.8) is 0 Å². The third kappa shape index (κ3) is 2.98. The Morgan fingerprint density at radius 2 is 2.21 bits per heavy atom. The van der Waals surface area contributed by atoms with E-state index in [1.165, 1.54) is 6.20 Å². The van der Waals surface area contributed by atoms with E-state index in [1.54, 1.807) is 10.7 Å². The molecule has 0 amide bonds. The quantitative estimate of drug-likeness (QED) is 0.869. The molecular weight excluding hydrogens is 252 g/mol. The molecule has 0 saturated carbocycles. The zero-order chi connectivity index (χ0) is 14.0. The van der Waals surface area contributed by atoms with Gasteiger partial charge < -0.3 is 11.1 Å². The van der Waals surface area contributed by atoms with Crippen LogP contribution in [0.15, 0.2) is 18.5 Å². The first-order valence-electron chi connectivity index (χ1n) is 6.09. The van der Waals surface area contributed by atoms with Crippen molar-refractivity contribution in [3.8, 4) is 0 Å². The standard InChI is InChI=1S/C12H17F2N5/c1-8(2)9-5-10-11(16-3-4-19(10)18-9)17-7-12(13,14)6-15/h3-5,8H,6-7,15H2,1-2H3,(H,16,17). The molecule has 2 aromatic rings. The van der Waals surface area contributed by atoms with E-state index >= 15 is 0 Å². The summed E-state index contributed by atoms with van der Waals surface area (Å²) in [4.78, 5) is 4.07. The summed E-state index contributed by atoms with van der Waals surface area (Å²) >= 11 is 0. The number of fused-ring (bicyclic) bond motifs is 1. The monoisotopic (exact) mass is 269 g/mol. The number of nitrogens with zero attached hydrogens (tertiary/aromatic N) is 3. The lowest BCUT2D eigenvalue weighted by molar-refractivity contribution is 0.0253. The van der Waals surface area contributed by atoms with Crippen LogP contribution < -0.4 is 11.1 Å². The van der Waals surface area contributed by atoms with Gasteiger partial charge in [0.05, 0.1) is 18.8 Å². The van der Waals surface area contributed by atoms with Crippen molar-refractivity contribution in [2.75, 3.05) is 18.4 Å². The highest BCUT2D eigenvalue weighted by atomic mass is 19.3. The maximum absolute atomic E-state index is 13.1. The summed E-state index contributed by atoms with van der Waals surface area (Å²) in [5.41, 5.74) is 6.57. The van der Waals surface area contributed by atoms with Crippen molar-refractivity contribution < 1.29 is 8.78 Å². The van der Waals surface area contributed by atoms with E-state index in [2.05, 4.69) is 15.4 Å². The molecule has 0 unspecified atom stereocenters. The average Bonchev–Trinajstić information content (AvgIpc) is 2.81. The van der Waals surface area contributed by atoms with Crippen LogP contribution in [0.25, 0.3) is 5.52 Å². The molecule has 5 nitrogen and oxygen atoms in total. The molecule has 0 spiro atoms. The summed E-state index contributed by atoms with van der Waals surface area (Å²) in [7, 11) is 0. The van der Waals surface area contributed by atoms with Gasteiger partial charge in [-0.25, -0.2) is 18.3 Å². The molecule has 0 aromatic carbocycles. The number of nitrogens with one attached hydrogen (secondary N) is 1. The number of hydrogen-bond acceptors (Lipinski definition) is 4. The summed E-state index contributed by atoms with van der Waals surface area (Å²) in [5.74, 6) is -2.30. The average molecular weight is 269 g/mol. The lowest BCUT2D eigenvalue weighted by Crippen LogP contribution is -2.35. The number of halogens is 2. The second-order valence-electron chi connectivity index (χ2n) is 4.74. The van der Waals surface area contributed by atoms with Gasteiger partial charge in [0.2, 0.25) is 0 Å². The molecule has 0 aliphatic carbocycles. The van der Waals surface area contributed by atoms with Crippen molar-refractivity contribution >= 4 is 11.3 Å². The van der Waals surface area contributed by atoms with Crippen molar-refractivity contribution in [2.45, 2.75) is 25.7 Å². The predicted molar refractivity (Wildman–Crippen MR) is 69.6 cm³/mol. The number of hydrogen-bond donors (Lipinski definition) is 2. The van der Waals surface area contributed by atoms with Crippen LogP contribution in [0.1, 0.15) is 25.5 Å². The number of rotatable bonds is 5. The highest BCUT2D eigenvalue weighted by Crippen LogP contribution is 2.21. The zero-order valence-corrected chi connectivity index (χ0v) is 10.9. The zero-order valence-electron chi connectivity index (χ0n) is 10.9. The maximum Gasteiger partial charge on any atom is 0.276 e. The molecule has 0 aliphatic heterocycles. The molecule has 0 atom stereocenters. The SMILES string of the molecule is CC(C)c1cc2c(NCC(F)(F)CN)nccn2n1. The van der Waals surface area contributed by atoms with Crippen LogP contribution in [-0.4, -0.2) is 33.6 Å². The summed E-state index contributed by atoms with van der Waals surface area (Å²) in [6.07, 6.45) is 3.21. The summed E-state index contributed by atoms with van der Waals surface area (Å²) in [6, 6.07) is 1.85. The van der Waals surface area contributed by atoms with Crippen LogP contribution >= 0.6 is 0 Å². The van der Waals surface area contributed by atoms with Crippen LogP contribution in [0.3, 0.4) is 0 Å². The Balaban J connectivity index is 2.28. The van der Waals surface area contributed by atoms with Crippen molar-refractivity contribution in [1.82, 2.24) is 14.6 Å². The second kappa shape index (κ2) is 5.08. The Hall–Kier alpha value is -1.76. The number of nitrogens with two attached hydrogens (primary N) is 1. The van der Waals surface area contributed by atoms with Gasteiger partial charge in [-0.3, -0.25) is 0 Å². The van der Waals surface area contributed by atoms with Crippen molar-refractivity contribution in [3.05, 3.63) is 24.2 Å². The Morgan fingerprint density at radius 3 is 2.84 bits per heavy atom. The summed E-state index contributed by atoms with van der Waals surface area (Å²) in [5, 5.41) is 6.99. The molecular formula is C12H17F2N5. The highest BCUT2D eigenvalue weighted by Gasteiger charge is 2.26. The normalized spacial score (nSPS) is 12.3. The van der Waals surface area contributed by atoms with Gasteiger partial charge in [-0.15, -0.1) is 0 Å². The predicted octanol–water partition coefficient (Wildman–Crippen LogP) is 1.86. The third-order valence-electron chi connectivity index (χ3n) is 2.81. The van der Waals surface area contributed by atoms with Crippen LogP contribution in [0.2, 0.25) is 0 Å². The van der Waals surface area contributed by atoms with E-state index in [-0.39, 0.29) is 5.92 Å². The molecule has 7 heteroatoms. The Labute approximate surface area is 109 Å². The minimum atomic E-state index is -2.95. The second-order valence-corrected chi connectivity index (χ2v) is 4.74. The lowest BCUT2D eigenvalue weighted by atomic mass is 10.1. The minimum Gasteiger partial charge on any atom is -0.362 e. The lowest BCUT2D eigenvalue weighted by Gasteiger charge is -2.15. The molecule has 104 valence electrons. The minimum absolute atomic E-state index is 0.262. The smallest absolute Gasteiger partial charge is 0.276 e. The molecule has 0 radical (unpaired) electrons. The van der Waals surface area contributed by atoms with Crippen molar-refractivity contribution in [1.29, 1.82) is 0 Å². The first-order chi connectivity index (χ1) is 8.93. The van der Waals surface area contributed by atoms with Gasteiger partial charge in [0, 0.05) is 12.4 Å². The molecule has 2 heterocycles. The van der Waals surface area contributed by atoms with Gasteiger partial charge in [0.1, 0.15) is 5.52 Å². The van der Waals surface area contributed by atoms with Gasteiger partial charge >= 0.3 is 0 Å². The Bertz CT molecular complexity index is 564. The number of alkyl halides is 2. The van der Waals surface area contributed by atoms with E-state index in [1.807, 2.05) is 19.9 Å². The molecule has 0 aliphatic rings. The van der Waals surface area contributed by atoms with Crippen LogP contribution in [0, 0.1) is 0 Å². The summed E-state index contributed by atoms with van der Waals surface area (Å²) in [6.45, 7) is 2.80. The fourth-order valence-corrected chi connectivity index (χ4v) is 1.64. The molecule has 2 aromatic heterocycles. The highest BCUT2D eigenvalue weighted by molar-refractivity contribution is 5.68. The molecule has 19 heavy (non-hydrogen) atoms. The maximum atomic E-state index is 13.1. The van der Waals surface area contributed by atoms with E-state index in [4.69, 9.17) is 5.73 Å². The first-order valence-corrected chi connectivity index (χ1v) is 6.09. The number of anilines is 1. The fourth-order valence-electron chi connectivity index (χ4n) is 1.64. The third-order valence-corrected chi connectivity index (χ3v) is 2.81. The van der Waals surface area contributed by atoms with Crippen LogP contribution in [0.4, 0.5) is 14.6 Å². The van der Waals surface area contributed by atoms with Gasteiger partial charge in [0.15, 0.2) is 5.82 Å². The van der Waals surface area contributed by atoms with Crippen LogP contribution in [-0.2, 0) is 0 Å². The van der Waals surface area contributed by atoms with E-state index in [0.29, 0.717) is 11.3 Å². The Morgan fingerprint density at radius 1 is 1.47 bits per heavy atom. The van der Waals surface area contributed by atoms with E-state index < -0.39 is 19.0 Å². The molecule has 2 rings (SSSR count). The molecule has 0 fully saturated rings. The fraction of sp³-hybridized carbons (Fsp3) is 0.500. The molecule has 0 bridgehead atoms. The van der Waals surface area contributed by atoms with Crippen molar-refractivity contribution in [2.24, 2.45) is 5.73 Å². The summed E-state index contributed by atoms with van der Waals surface area (Å²) < 4.78 is 27.9. The van der Waals surface area contributed by atoms with Gasteiger partial charge in [-0.2, -0.15) is 5.10 Å². The first kappa shape index (κ1) is 13.7. The van der Waals surface area contributed by atoms with E-state index in [0.717, 1.165) is 5.69 Å². The van der Waals surface area contributed by atoms with Gasteiger partial charge in [-0.05, 0) is 12.0 Å².